The number of hydrogen-bond donors (Lipinski definition) is 2. The number of nitrogens with zero attached hydrogens (tertiary/aromatic N) is 2. The molecular formula is C20H20ClFN4O3. The number of fused-ring (bicyclic) bond motifs is 1. The fraction of sp³-hybridized carbons (Fsp3) is 0.300. The molecule has 1 aromatic heterocycles. The van der Waals surface area contributed by atoms with Crippen LogP contribution in [-0.2, 0) is 4.79 Å². The molecule has 3 aromatic rings. The van der Waals surface area contributed by atoms with Crippen molar-refractivity contribution in [3.8, 4) is 0 Å². The van der Waals surface area contributed by atoms with Gasteiger partial charge in [-0.05, 0) is 37.3 Å². The van der Waals surface area contributed by atoms with Crippen molar-refractivity contribution in [2.45, 2.75) is 13.0 Å². The van der Waals surface area contributed by atoms with E-state index in [0.29, 0.717) is 36.4 Å². The molecule has 2 N–H and O–H groups in total. The van der Waals surface area contributed by atoms with Crippen LogP contribution < -0.4 is 16.0 Å². The second kappa shape index (κ2) is 7.79. The third kappa shape index (κ3) is 4.07. The van der Waals surface area contributed by atoms with Gasteiger partial charge < -0.3 is 19.5 Å². The number of halogens is 2. The lowest BCUT2D eigenvalue weighted by atomic mass is 10.1. The second-order valence-corrected chi connectivity index (χ2v) is 7.47. The zero-order valence-electron chi connectivity index (χ0n) is 15.7. The predicted octanol–water partition coefficient (Wildman–Crippen LogP) is 3.06. The maximum absolute atomic E-state index is 13.8. The fourth-order valence-electron chi connectivity index (χ4n) is 3.58. The number of amides is 1. The minimum absolute atomic E-state index is 0.0330. The summed E-state index contributed by atoms with van der Waals surface area (Å²) in [5, 5.41) is 3.17. The van der Waals surface area contributed by atoms with E-state index >= 15 is 0 Å². The maximum atomic E-state index is 13.8. The Morgan fingerprint density at radius 3 is 2.90 bits per heavy atom. The summed E-state index contributed by atoms with van der Waals surface area (Å²) >= 11 is 5.76. The summed E-state index contributed by atoms with van der Waals surface area (Å²) in [5.41, 5.74) is 2.49. The van der Waals surface area contributed by atoms with Gasteiger partial charge in [-0.25, -0.2) is 9.18 Å². The second-order valence-electron chi connectivity index (χ2n) is 7.06. The van der Waals surface area contributed by atoms with E-state index in [-0.39, 0.29) is 23.5 Å². The third-order valence-corrected chi connectivity index (χ3v) is 5.39. The molecule has 2 aromatic carbocycles. The van der Waals surface area contributed by atoms with Gasteiger partial charge in [-0.15, -0.1) is 0 Å². The van der Waals surface area contributed by atoms with E-state index in [1.807, 2.05) is 6.92 Å². The zero-order valence-corrected chi connectivity index (χ0v) is 16.5. The van der Waals surface area contributed by atoms with Crippen molar-refractivity contribution in [2.75, 3.05) is 36.4 Å². The first-order valence-corrected chi connectivity index (χ1v) is 9.65. The van der Waals surface area contributed by atoms with Crippen molar-refractivity contribution in [1.82, 2.24) is 9.88 Å². The minimum Gasteiger partial charge on any atom is -0.408 e. The Balaban J connectivity index is 1.36. The lowest BCUT2D eigenvalue weighted by Crippen LogP contribution is -2.54. The van der Waals surface area contributed by atoms with Crippen LogP contribution >= 0.6 is 11.6 Å². The largest absolute Gasteiger partial charge is 0.417 e. The molecule has 152 valence electrons. The first-order valence-electron chi connectivity index (χ1n) is 9.27. The van der Waals surface area contributed by atoms with E-state index in [1.54, 1.807) is 35.2 Å². The number of aromatic amines is 1. The molecule has 4 rings (SSSR count). The van der Waals surface area contributed by atoms with E-state index in [0.717, 1.165) is 5.69 Å². The van der Waals surface area contributed by atoms with Gasteiger partial charge in [0.1, 0.15) is 5.82 Å². The van der Waals surface area contributed by atoms with Gasteiger partial charge in [0.2, 0.25) is 5.91 Å². The number of oxazole rings is 1. The average molecular weight is 419 g/mol. The number of carbonyl (C=O) groups excluding carboxylic acids is 1. The number of hydrogen-bond acceptors (Lipinski definition) is 5. The Labute approximate surface area is 171 Å². The highest BCUT2D eigenvalue weighted by Crippen LogP contribution is 2.25. The summed E-state index contributed by atoms with van der Waals surface area (Å²) in [6.07, 6.45) is 0. The highest BCUT2D eigenvalue weighted by molar-refractivity contribution is 6.30. The predicted molar refractivity (Wildman–Crippen MR) is 110 cm³/mol. The van der Waals surface area contributed by atoms with Crippen LogP contribution in [0, 0.1) is 5.82 Å². The summed E-state index contributed by atoms with van der Waals surface area (Å²) in [5.74, 6) is -0.996. The number of anilines is 2. The zero-order chi connectivity index (χ0) is 20.5. The summed E-state index contributed by atoms with van der Waals surface area (Å²) in [7, 11) is 0. The Morgan fingerprint density at radius 2 is 2.14 bits per heavy atom. The highest BCUT2D eigenvalue weighted by Gasteiger charge is 2.27. The smallest absolute Gasteiger partial charge is 0.408 e. The van der Waals surface area contributed by atoms with E-state index in [9.17, 15) is 14.0 Å². The molecular weight excluding hydrogens is 399 g/mol. The molecule has 0 unspecified atom stereocenters. The third-order valence-electron chi connectivity index (χ3n) is 5.08. The molecule has 0 spiro atoms. The van der Waals surface area contributed by atoms with Gasteiger partial charge in [-0.2, -0.15) is 0 Å². The first kappa shape index (κ1) is 19.3. The van der Waals surface area contributed by atoms with Crippen LogP contribution in [-0.4, -0.2) is 48.0 Å². The Bertz CT molecular complexity index is 1110. The van der Waals surface area contributed by atoms with Crippen molar-refractivity contribution in [2.24, 2.45) is 0 Å². The van der Waals surface area contributed by atoms with Crippen LogP contribution in [0.2, 0.25) is 5.02 Å². The first-order chi connectivity index (χ1) is 13.9. The standard InChI is InChI=1S/C20H20ClFN4O3/c1-12-11-25(6-7-26(12)14-3-4-15(21)16(22)9-14)19(27)10-23-13-2-5-17-18(8-13)29-20(28)24-17/h2-5,8-9,12,23H,6-7,10-11H2,1H3,(H,24,28)/t12-/m1/s1. The quantitative estimate of drug-likeness (QED) is 0.680. The van der Waals surface area contributed by atoms with Crippen molar-refractivity contribution < 1.29 is 13.6 Å². The van der Waals surface area contributed by atoms with Crippen LogP contribution in [0.15, 0.2) is 45.6 Å². The average Bonchev–Trinajstić information content (AvgIpc) is 3.07. The summed E-state index contributed by atoms with van der Waals surface area (Å²) in [6.45, 7) is 3.81. The van der Waals surface area contributed by atoms with Crippen LogP contribution in [0.4, 0.5) is 15.8 Å². The number of carbonyl (C=O) groups is 1. The molecule has 1 aliphatic rings. The Morgan fingerprint density at radius 1 is 1.31 bits per heavy atom. The van der Waals surface area contributed by atoms with Gasteiger partial charge in [0.15, 0.2) is 5.58 Å². The molecule has 1 amide bonds. The van der Waals surface area contributed by atoms with Crippen LogP contribution in [0.25, 0.3) is 11.1 Å². The maximum Gasteiger partial charge on any atom is 0.417 e. The van der Waals surface area contributed by atoms with E-state index < -0.39 is 11.6 Å². The molecule has 0 aliphatic carbocycles. The fourth-order valence-corrected chi connectivity index (χ4v) is 3.69. The monoisotopic (exact) mass is 418 g/mol. The highest BCUT2D eigenvalue weighted by atomic mass is 35.5. The number of H-pyrrole nitrogens is 1. The molecule has 9 heteroatoms. The summed E-state index contributed by atoms with van der Waals surface area (Å²) in [4.78, 5) is 30.3. The molecule has 0 bridgehead atoms. The lowest BCUT2D eigenvalue weighted by Gasteiger charge is -2.41. The van der Waals surface area contributed by atoms with Crippen molar-refractivity contribution in [1.29, 1.82) is 0 Å². The molecule has 1 fully saturated rings. The van der Waals surface area contributed by atoms with Gasteiger partial charge in [0.05, 0.1) is 17.1 Å². The summed E-state index contributed by atoms with van der Waals surface area (Å²) < 4.78 is 18.8. The lowest BCUT2D eigenvalue weighted by molar-refractivity contribution is -0.130. The van der Waals surface area contributed by atoms with Crippen molar-refractivity contribution >= 4 is 40.0 Å². The number of nitrogens with one attached hydrogen (secondary N) is 2. The molecule has 1 atom stereocenters. The summed E-state index contributed by atoms with van der Waals surface area (Å²) in [6, 6.07) is 9.97. The normalized spacial score (nSPS) is 17.0. The molecule has 1 aliphatic heterocycles. The van der Waals surface area contributed by atoms with Gasteiger partial charge in [0, 0.05) is 43.1 Å². The van der Waals surface area contributed by atoms with Gasteiger partial charge in [-0.3, -0.25) is 9.78 Å². The molecule has 29 heavy (non-hydrogen) atoms. The number of aromatic nitrogens is 1. The Kier molecular flexibility index (Phi) is 5.19. The van der Waals surface area contributed by atoms with Crippen molar-refractivity contribution in [3.05, 3.63) is 57.8 Å². The molecule has 2 heterocycles. The van der Waals surface area contributed by atoms with Gasteiger partial charge in [-0.1, -0.05) is 11.6 Å². The van der Waals surface area contributed by atoms with Crippen LogP contribution in [0.3, 0.4) is 0 Å². The topological polar surface area (TPSA) is 81.6 Å². The molecule has 0 radical (unpaired) electrons. The van der Waals surface area contributed by atoms with Crippen LogP contribution in [0.5, 0.6) is 0 Å². The SMILES string of the molecule is C[C@@H]1CN(C(=O)CNc2ccc3[nH]c(=O)oc3c2)CCN1c1ccc(Cl)c(F)c1. The van der Waals surface area contributed by atoms with Crippen molar-refractivity contribution in [3.63, 3.8) is 0 Å². The van der Waals surface area contributed by atoms with Crippen LogP contribution in [0.1, 0.15) is 6.92 Å². The van der Waals surface area contributed by atoms with Gasteiger partial charge in [0.25, 0.3) is 0 Å². The van der Waals surface area contributed by atoms with E-state index in [4.69, 9.17) is 16.0 Å². The van der Waals surface area contributed by atoms with E-state index in [1.165, 1.54) is 6.07 Å². The Hall–Kier alpha value is -3.00. The minimum atomic E-state index is -0.513. The molecule has 0 saturated carbocycles. The van der Waals surface area contributed by atoms with E-state index in [2.05, 4.69) is 15.2 Å². The number of rotatable bonds is 4. The molecule has 1 saturated heterocycles. The number of piperazine rings is 1. The number of benzene rings is 2. The van der Waals surface area contributed by atoms with Gasteiger partial charge >= 0.3 is 5.76 Å². The molecule has 7 nitrogen and oxygen atoms in total.